The maximum absolute atomic E-state index is 11.7. The number of carbonyl (C=O) groups is 1. The van der Waals surface area contributed by atoms with Crippen molar-refractivity contribution in [3.05, 3.63) is 12.2 Å². The molecule has 3 atom stereocenters. The Balaban J connectivity index is 2.57. The highest BCUT2D eigenvalue weighted by Crippen LogP contribution is 2.34. The minimum Gasteiger partial charge on any atom is -0.462 e. The third kappa shape index (κ3) is 4.53. The highest BCUT2D eigenvalue weighted by molar-refractivity contribution is 5.69. The molecule has 0 radical (unpaired) electrons. The van der Waals surface area contributed by atoms with Crippen LogP contribution in [-0.2, 0) is 9.53 Å². The second-order valence-electron chi connectivity index (χ2n) is 6.00. The zero-order valence-electron chi connectivity index (χ0n) is 11.7. The highest BCUT2D eigenvalue weighted by atomic mass is 16.5. The van der Waals surface area contributed by atoms with Crippen molar-refractivity contribution in [2.45, 2.75) is 59.5 Å². The molecule has 1 aliphatic carbocycles. The van der Waals surface area contributed by atoms with Crippen molar-refractivity contribution in [2.75, 3.05) is 0 Å². The first-order valence-electron chi connectivity index (χ1n) is 6.75. The van der Waals surface area contributed by atoms with Gasteiger partial charge in [-0.1, -0.05) is 32.9 Å². The van der Waals surface area contributed by atoms with Crippen LogP contribution >= 0.6 is 0 Å². The van der Waals surface area contributed by atoms with Crippen LogP contribution in [-0.4, -0.2) is 12.1 Å². The van der Waals surface area contributed by atoms with Gasteiger partial charge in [0, 0.05) is 12.3 Å². The lowest BCUT2D eigenvalue weighted by Gasteiger charge is -2.34. The minimum absolute atomic E-state index is 0.0506. The van der Waals surface area contributed by atoms with E-state index in [4.69, 9.17) is 4.74 Å². The lowest BCUT2D eigenvalue weighted by atomic mass is 9.77. The van der Waals surface area contributed by atoms with Crippen molar-refractivity contribution < 1.29 is 9.53 Å². The molecular formula is C15H26O2. The number of esters is 1. The third-order valence-corrected chi connectivity index (χ3v) is 3.54. The van der Waals surface area contributed by atoms with Gasteiger partial charge in [-0.3, -0.25) is 4.79 Å². The molecule has 1 saturated carbocycles. The molecule has 1 aliphatic rings. The molecular weight excluding hydrogens is 212 g/mol. The number of hydrogen-bond acceptors (Lipinski definition) is 2. The summed E-state index contributed by atoms with van der Waals surface area (Å²) in [5, 5.41) is 0. The van der Waals surface area contributed by atoms with E-state index in [1.54, 1.807) is 0 Å². The van der Waals surface area contributed by atoms with Crippen LogP contribution in [0.3, 0.4) is 0 Å². The van der Waals surface area contributed by atoms with Crippen LogP contribution in [0.15, 0.2) is 12.2 Å². The summed E-state index contributed by atoms with van der Waals surface area (Å²) in [5.41, 5.74) is 1.15. The van der Waals surface area contributed by atoms with Crippen molar-refractivity contribution in [1.82, 2.24) is 0 Å². The summed E-state index contributed by atoms with van der Waals surface area (Å²) in [4.78, 5) is 11.7. The van der Waals surface area contributed by atoms with E-state index in [-0.39, 0.29) is 12.1 Å². The van der Waals surface area contributed by atoms with Crippen LogP contribution in [0.1, 0.15) is 53.4 Å². The van der Waals surface area contributed by atoms with Gasteiger partial charge in [0.15, 0.2) is 0 Å². The van der Waals surface area contributed by atoms with Crippen LogP contribution < -0.4 is 0 Å². The SMILES string of the molecule is C=C(C)C1CCC(C)CC1OC(=O)CC(C)C. The van der Waals surface area contributed by atoms with Gasteiger partial charge < -0.3 is 4.74 Å². The lowest BCUT2D eigenvalue weighted by Crippen LogP contribution is -2.33. The van der Waals surface area contributed by atoms with Crippen molar-refractivity contribution >= 4 is 5.97 Å². The Kier molecular flexibility index (Phi) is 5.23. The smallest absolute Gasteiger partial charge is 0.306 e. The Morgan fingerprint density at radius 3 is 2.59 bits per heavy atom. The van der Waals surface area contributed by atoms with Crippen molar-refractivity contribution in [3.8, 4) is 0 Å². The molecule has 98 valence electrons. The van der Waals surface area contributed by atoms with Gasteiger partial charge >= 0.3 is 5.97 Å². The maximum Gasteiger partial charge on any atom is 0.306 e. The van der Waals surface area contributed by atoms with Gasteiger partial charge in [-0.25, -0.2) is 0 Å². The van der Waals surface area contributed by atoms with E-state index >= 15 is 0 Å². The predicted octanol–water partition coefficient (Wildman–Crippen LogP) is 3.96. The standard InChI is InChI=1S/C15H26O2/c1-10(2)8-15(16)17-14-9-12(5)6-7-13(14)11(3)4/h10,12-14H,3,6-9H2,1-2,4-5H3. The maximum atomic E-state index is 11.7. The summed E-state index contributed by atoms with van der Waals surface area (Å²) in [7, 11) is 0. The summed E-state index contributed by atoms with van der Waals surface area (Å²) < 4.78 is 5.65. The van der Waals surface area contributed by atoms with Gasteiger partial charge in [-0.2, -0.15) is 0 Å². The topological polar surface area (TPSA) is 26.3 Å². The molecule has 0 aliphatic heterocycles. The highest BCUT2D eigenvalue weighted by Gasteiger charge is 2.31. The molecule has 3 unspecified atom stereocenters. The minimum atomic E-state index is -0.0506. The van der Waals surface area contributed by atoms with E-state index < -0.39 is 0 Å². The van der Waals surface area contributed by atoms with Crippen molar-refractivity contribution in [3.63, 3.8) is 0 Å². The molecule has 0 heterocycles. The van der Waals surface area contributed by atoms with Gasteiger partial charge in [-0.15, -0.1) is 0 Å². The van der Waals surface area contributed by atoms with E-state index in [9.17, 15) is 4.79 Å². The normalized spacial score (nSPS) is 29.1. The first-order valence-corrected chi connectivity index (χ1v) is 6.75. The molecule has 2 heteroatoms. The summed E-state index contributed by atoms with van der Waals surface area (Å²) in [6.45, 7) is 12.4. The fourth-order valence-corrected chi connectivity index (χ4v) is 2.57. The molecule has 0 aromatic rings. The van der Waals surface area contributed by atoms with Crippen LogP contribution in [0, 0.1) is 17.8 Å². The second kappa shape index (κ2) is 6.23. The van der Waals surface area contributed by atoms with E-state index in [1.165, 1.54) is 6.42 Å². The fraction of sp³-hybridized carbons (Fsp3) is 0.800. The summed E-state index contributed by atoms with van der Waals surface area (Å²) >= 11 is 0. The van der Waals surface area contributed by atoms with E-state index in [1.807, 2.05) is 20.8 Å². The Morgan fingerprint density at radius 1 is 1.41 bits per heavy atom. The average Bonchev–Trinajstić information content (AvgIpc) is 2.15. The average molecular weight is 238 g/mol. The Labute approximate surface area is 105 Å². The molecule has 1 fully saturated rings. The number of rotatable bonds is 4. The van der Waals surface area contributed by atoms with Gasteiger partial charge in [0.2, 0.25) is 0 Å². The summed E-state index contributed by atoms with van der Waals surface area (Å²) in [5.74, 6) is 1.34. The third-order valence-electron chi connectivity index (χ3n) is 3.54. The quantitative estimate of drug-likeness (QED) is 0.547. The van der Waals surface area contributed by atoms with Crippen molar-refractivity contribution in [1.29, 1.82) is 0 Å². The van der Waals surface area contributed by atoms with Crippen LogP contribution in [0.4, 0.5) is 0 Å². The molecule has 0 bridgehead atoms. The Hall–Kier alpha value is -0.790. The van der Waals surface area contributed by atoms with Gasteiger partial charge in [0.1, 0.15) is 6.10 Å². The van der Waals surface area contributed by atoms with E-state index in [0.717, 1.165) is 18.4 Å². The molecule has 0 aromatic carbocycles. The Bertz CT molecular complexity index is 281. The monoisotopic (exact) mass is 238 g/mol. The Morgan fingerprint density at radius 2 is 2.06 bits per heavy atom. The molecule has 1 rings (SSSR count). The van der Waals surface area contributed by atoms with Crippen LogP contribution in [0.2, 0.25) is 0 Å². The van der Waals surface area contributed by atoms with Gasteiger partial charge in [0.05, 0.1) is 0 Å². The number of hydrogen-bond donors (Lipinski definition) is 0. The first kappa shape index (κ1) is 14.3. The second-order valence-corrected chi connectivity index (χ2v) is 6.00. The zero-order valence-corrected chi connectivity index (χ0v) is 11.7. The first-order chi connectivity index (χ1) is 7.90. The molecule has 0 amide bonds. The molecule has 0 aromatic heterocycles. The van der Waals surface area contributed by atoms with Crippen LogP contribution in [0.25, 0.3) is 0 Å². The van der Waals surface area contributed by atoms with Gasteiger partial charge in [-0.05, 0) is 38.0 Å². The number of ether oxygens (including phenoxy) is 1. The summed E-state index contributed by atoms with van der Waals surface area (Å²) in [6.07, 6.45) is 3.89. The summed E-state index contributed by atoms with van der Waals surface area (Å²) in [6, 6.07) is 0. The van der Waals surface area contributed by atoms with Crippen molar-refractivity contribution in [2.24, 2.45) is 17.8 Å². The predicted molar refractivity (Wildman–Crippen MR) is 70.7 cm³/mol. The molecule has 0 N–H and O–H groups in total. The molecule has 2 nitrogen and oxygen atoms in total. The molecule has 17 heavy (non-hydrogen) atoms. The molecule has 0 saturated heterocycles. The van der Waals surface area contributed by atoms with E-state index in [0.29, 0.717) is 24.2 Å². The number of carbonyl (C=O) groups excluding carboxylic acids is 1. The molecule has 0 spiro atoms. The zero-order chi connectivity index (χ0) is 13.0. The lowest BCUT2D eigenvalue weighted by molar-refractivity contribution is -0.154. The van der Waals surface area contributed by atoms with Gasteiger partial charge in [0.25, 0.3) is 0 Å². The largest absolute Gasteiger partial charge is 0.462 e. The fourth-order valence-electron chi connectivity index (χ4n) is 2.57. The van der Waals surface area contributed by atoms with E-state index in [2.05, 4.69) is 13.5 Å². The van der Waals surface area contributed by atoms with Crippen LogP contribution in [0.5, 0.6) is 0 Å².